The van der Waals surface area contributed by atoms with E-state index in [0.29, 0.717) is 12.3 Å². The summed E-state index contributed by atoms with van der Waals surface area (Å²) in [5.41, 5.74) is 6.12. The molecule has 2 rings (SSSR count). The first kappa shape index (κ1) is 16.1. The molecule has 0 saturated carbocycles. The standard InChI is InChI=1S/C19H21NOSi/c1-22(2,3)15-14-19(18-12-8-5-9-13-18)20-21-16-17-10-6-4-7-11-17/h4-13H,16H2,1-3H3/b20-19+. The van der Waals surface area contributed by atoms with Crippen molar-refractivity contribution in [1.82, 2.24) is 0 Å². The third kappa shape index (κ3) is 5.59. The number of nitrogens with zero attached hydrogens (tertiary/aromatic N) is 1. The summed E-state index contributed by atoms with van der Waals surface area (Å²) in [7, 11) is -1.45. The van der Waals surface area contributed by atoms with Gasteiger partial charge in [0.15, 0.2) is 5.71 Å². The Morgan fingerprint density at radius 3 is 2.14 bits per heavy atom. The van der Waals surface area contributed by atoms with Gasteiger partial charge in [0.25, 0.3) is 0 Å². The van der Waals surface area contributed by atoms with Crippen molar-refractivity contribution >= 4 is 13.8 Å². The van der Waals surface area contributed by atoms with Gasteiger partial charge in [-0.3, -0.25) is 0 Å². The molecule has 2 nitrogen and oxygen atoms in total. The van der Waals surface area contributed by atoms with E-state index in [1.807, 2.05) is 60.7 Å². The Hall–Kier alpha value is -2.31. The molecule has 0 amide bonds. The number of benzene rings is 2. The van der Waals surface area contributed by atoms with Crippen LogP contribution in [0.1, 0.15) is 11.1 Å². The lowest BCUT2D eigenvalue weighted by atomic mass is 10.1. The van der Waals surface area contributed by atoms with E-state index < -0.39 is 8.07 Å². The Morgan fingerprint density at radius 1 is 0.955 bits per heavy atom. The van der Waals surface area contributed by atoms with Crippen LogP contribution in [0.5, 0.6) is 0 Å². The Balaban J connectivity index is 2.17. The summed E-state index contributed by atoms with van der Waals surface area (Å²) < 4.78 is 0. The van der Waals surface area contributed by atoms with Crippen LogP contribution >= 0.6 is 0 Å². The zero-order chi connectivity index (χ0) is 15.8. The molecular formula is C19H21NOSi. The molecule has 0 aliphatic heterocycles. The summed E-state index contributed by atoms with van der Waals surface area (Å²) in [6.45, 7) is 7.10. The lowest BCUT2D eigenvalue weighted by molar-refractivity contribution is 0.131. The molecule has 0 saturated heterocycles. The fraction of sp³-hybridized carbons (Fsp3) is 0.211. The predicted octanol–water partition coefficient (Wildman–Crippen LogP) is 4.49. The summed E-state index contributed by atoms with van der Waals surface area (Å²) in [4.78, 5) is 5.50. The van der Waals surface area contributed by atoms with E-state index in [0.717, 1.165) is 11.1 Å². The fourth-order valence-electron chi connectivity index (χ4n) is 1.74. The molecule has 0 heterocycles. The van der Waals surface area contributed by atoms with Crippen LogP contribution in [-0.2, 0) is 11.4 Å². The van der Waals surface area contributed by atoms with Gasteiger partial charge in [0, 0.05) is 5.56 Å². The zero-order valence-corrected chi connectivity index (χ0v) is 14.3. The minimum atomic E-state index is -1.45. The second kappa shape index (κ2) is 7.63. The van der Waals surface area contributed by atoms with Crippen molar-refractivity contribution in [2.75, 3.05) is 0 Å². The summed E-state index contributed by atoms with van der Waals surface area (Å²) in [6, 6.07) is 20.0. The third-order valence-electron chi connectivity index (χ3n) is 2.83. The summed E-state index contributed by atoms with van der Waals surface area (Å²) >= 11 is 0. The average Bonchev–Trinajstić information content (AvgIpc) is 2.51. The van der Waals surface area contributed by atoms with E-state index in [-0.39, 0.29) is 0 Å². The average molecular weight is 307 g/mol. The van der Waals surface area contributed by atoms with Gasteiger partial charge in [-0.15, -0.1) is 5.54 Å². The van der Waals surface area contributed by atoms with Gasteiger partial charge >= 0.3 is 0 Å². The molecule has 2 aromatic rings. The molecule has 3 heteroatoms. The van der Waals surface area contributed by atoms with Gasteiger partial charge in [-0.2, -0.15) is 0 Å². The summed E-state index contributed by atoms with van der Waals surface area (Å²) in [6.07, 6.45) is 0. The molecule has 0 aliphatic carbocycles. The van der Waals surface area contributed by atoms with Crippen molar-refractivity contribution in [3.63, 3.8) is 0 Å². The highest BCUT2D eigenvalue weighted by molar-refractivity contribution is 6.84. The van der Waals surface area contributed by atoms with Gasteiger partial charge in [0.05, 0.1) is 0 Å². The molecule has 0 aromatic heterocycles. The van der Waals surface area contributed by atoms with E-state index >= 15 is 0 Å². The number of hydrogen-bond acceptors (Lipinski definition) is 2. The monoisotopic (exact) mass is 307 g/mol. The van der Waals surface area contributed by atoms with Crippen LogP contribution in [0.3, 0.4) is 0 Å². The Kier molecular flexibility index (Phi) is 5.57. The quantitative estimate of drug-likeness (QED) is 0.353. The molecule has 0 bridgehead atoms. The Labute approximate surface area is 133 Å². The lowest BCUT2D eigenvalue weighted by Gasteiger charge is -2.05. The van der Waals surface area contributed by atoms with Gasteiger partial charge in [-0.25, -0.2) is 0 Å². The maximum atomic E-state index is 5.50. The topological polar surface area (TPSA) is 21.6 Å². The van der Waals surface area contributed by atoms with Crippen molar-refractivity contribution in [3.05, 3.63) is 71.8 Å². The van der Waals surface area contributed by atoms with Gasteiger partial charge in [-0.05, 0) is 11.5 Å². The molecule has 0 N–H and O–H groups in total. The fourth-order valence-corrected chi connectivity index (χ4v) is 2.23. The molecule has 22 heavy (non-hydrogen) atoms. The normalized spacial score (nSPS) is 11.5. The van der Waals surface area contributed by atoms with E-state index in [1.165, 1.54) is 0 Å². The summed E-state index contributed by atoms with van der Waals surface area (Å²) in [5.74, 6) is 3.20. The number of oxime groups is 1. The molecule has 0 spiro atoms. The number of rotatable bonds is 4. The van der Waals surface area contributed by atoms with Crippen LogP contribution < -0.4 is 0 Å². The van der Waals surface area contributed by atoms with Crippen LogP contribution in [0.2, 0.25) is 19.6 Å². The first-order valence-corrected chi connectivity index (χ1v) is 10.9. The van der Waals surface area contributed by atoms with Crippen LogP contribution in [-0.4, -0.2) is 13.8 Å². The van der Waals surface area contributed by atoms with Gasteiger partial charge in [0.1, 0.15) is 14.7 Å². The Morgan fingerprint density at radius 2 is 1.55 bits per heavy atom. The van der Waals surface area contributed by atoms with Crippen LogP contribution in [0, 0.1) is 11.5 Å². The molecular weight excluding hydrogens is 286 g/mol. The minimum absolute atomic E-state index is 0.450. The molecule has 0 atom stereocenters. The van der Waals surface area contributed by atoms with Crippen molar-refractivity contribution in [2.45, 2.75) is 26.2 Å². The molecule has 2 aromatic carbocycles. The van der Waals surface area contributed by atoms with Gasteiger partial charge in [-0.1, -0.05) is 85.5 Å². The van der Waals surface area contributed by atoms with Gasteiger partial charge < -0.3 is 4.84 Å². The first-order valence-electron chi connectivity index (χ1n) is 7.37. The van der Waals surface area contributed by atoms with Gasteiger partial charge in [0.2, 0.25) is 0 Å². The zero-order valence-electron chi connectivity index (χ0n) is 13.3. The summed E-state index contributed by atoms with van der Waals surface area (Å²) in [5, 5.41) is 4.26. The van der Waals surface area contributed by atoms with Crippen LogP contribution in [0.4, 0.5) is 0 Å². The van der Waals surface area contributed by atoms with Crippen LogP contribution in [0.25, 0.3) is 0 Å². The molecule has 0 fully saturated rings. The highest BCUT2D eigenvalue weighted by Gasteiger charge is 2.09. The number of hydrogen-bond donors (Lipinski definition) is 0. The van der Waals surface area contributed by atoms with Crippen LogP contribution in [0.15, 0.2) is 65.8 Å². The third-order valence-corrected chi connectivity index (χ3v) is 3.71. The smallest absolute Gasteiger partial charge is 0.159 e. The van der Waals surface area contributed by atoms with E-state index in [4.69, 9.17) is 4.84 Å². The van der Waals surface area contributed by atoms with Crippen molar-refractivity contribution in [1.29, 1.82) is 0 Å². The van der Waals surface area contributed by atoms with Crippen molar-refractivity contribution < 1.29 is 4.84 Å². The van der Waals surface area contributed by atoms with E-state index in [2.05, 4.69) is 36.3 Å². The van der Waals surface area contributed by atoms with E-state index in [9.17, 15) is 0 Å². The minimum Gasteiger partial charge on any atom is -0.390 e. The largest absolute Gasteiger partial charge is 0.390 e. The SMILES string of the molecule is C[Si](C)(C)C#C/C(=N\OCc1ccccc1)c1ccccc1. The van der Waals surface area contributed by atoms with Crippen molar-refractivity contribution in [3.8, 4) is 11.5 Å². The second-order valence-electron chi connectivity index (χ2n) is 6.06. The maximum absolute atomic E-state index is 5.50. The molecule has 112 valence electrons. The predicted molar refractivity (Wildman–Crippen MR) is 95.3 cm³/mol. The molecule has 0 aliphatic rings. The van der Waals surface area contributed by atoms with E-state index in [1.54, 1.807) is 0 Å². The molecule has 0 unspecified atom stereocenters. The van der Waals surface area contributed by atoms with Crippen molar-refractivity contribution in [2.24, 2.45) is 5.16 Å². The highest BCUT2D eigenvalue weighted by atomic mass is 28.3. The Bertz CT molecular complexity index is 676. The second-order valence-corrected chi connectivity index (χ2v) is 10.8. The lowest BCUT2D eigenvalue weighted by Crippen LogP contribution is -2.17. The molecule has 0 radical (unpaired) electrons. The first-order chi connectivity index (χ1) is 10.5. The maximum Gasteiger partial charge on any atom is 0.159 e. The highest BCUT2D eigenvalue weighted by Crippen LogP contribution is 2.05.